The van der Waals surface area contributed by atoms with Gasteiger partial charge in [-0.25, -0.2) is 0 Å². The van der Waals surface area contributed by atoms with Crippen LogP contribution in [0.3, 0.4) is 0 Å². The molecule has 0 bridgehead atoms. The van der Waals surface area contributed by atoms with E-state index in [0.29, 0.717) is 0 Å². The lowest BCUT2D eigenvalue weighted by Crippen LogP contribution is -2.02. The van der Waals surface area contributed by atoms with Gasteiger partial charge >= 0.3 is 0 Å². The number of aromatic nitrogens is 1. The van der Waals surface area contributed by atoms with Gasteiger partial charge in [-0.3, -0.25) is 0 Å². The SMILES string of the molecule is c1ccc(-c2ccc(-c3ccccc3)n2-c2c3cc(-c4ccc5ccccc5c4)ccc3cc3ccc(-c4ccc5ccccc5c4)cc23)cc1. The number of nitrogens with zero attached hydrogens (tertiary/aromatic N) is 1. The highest BCUT2D eigenvalue weighted by atomic mass is 15.0. The molecule has 0 unspecified atom stereocenters. The van der Waals surface area contributed by atoms with Crippen LogP contribution >= 0.6 is 0 Å². The third-order valence-electron chi connectivity index (χ3n) is 10.3. The zero-order valence-electron chi connectivity index (χ0n) is 28.0. The average molecular weight is 648 g/mol. The number of benzene rings is 9. The molecule has 1 aromatic heterocycles. The fourth-order valence-electron chi connectivity index (χ4n) is 7.77. The standard InChI is InChI=1S/C50H33N/c1-3-13-36(14-4-1)48-27-28-49(37-15-5-2-6-16-37)51(48)50-46-32-42(40-21-19-34-11-7-9-17-38(34)29-40)23-25-44(46)31-45-26-24-43(33-47(45)50)41-22-20-35-12-8-10-18-39(35)30-41/h1-33H. The molecule has 0 amide bonds. The second kappa shape index (κ2) is 12.0. The smallest absolute Gasteiger partial charge is 0.0619 e. The van der Waals surface area contributed by atoms with Crippen LogP contribution in [0.1, 0.15) is 0 Å². The van der Waals surface area contributed by atoms with E-state index in [-0.39, 0.29) is 0 Å². The highest BCUT2D eigenvalue weighted by molar-refractivity contribution is 6.10. The molecule has 238 valence electrons. The topological polar surface area (TPSA) is 4.93 Å². The van der Waals surface area contributed by atoms with Gasteiger partial charge in [0.15, 0.2) is 0 Å². The Morgan fingerprint density at radius 2 is 0.608 bits per heavy atom. The van der Waals surface area contributed by atoms with E-state index in [4.69, 9.17) is 0 Å². The van der Waals surface area contributed by atoms with Gasteiger partial charge in [0, 0.05) is 10.8 Å². The normalized spacial score (nSPS) is 11.5. The second-order valence-corrected chi connectivity index (χ2v) is 13.4. The van der Waals surface area contributed by atoms with E-state index in [9.17, 15) is 0 Å². The van der Waals surface area contributed by atoms with Crippen molar-refractivity contribution in [1.29, 1.82) is 0 Å². The summed E-state index contributed by atoms with van der Waals surface area (Å²) in [6, 6.07) is 73.3. The van der Waals surface area contributed by atoms with E-state index < -0.39 is 0 Å². The average Bonchev–Trinajstić information content (AvgIpc) is 3.64. The zero-order valence-corrected chi connectivity index (χ0v) is 28.0. The summed E-state index contributed by atoms with van der Waals surface area (Å²) in [6.07, 6.45) is 0. The Kier molecular flexibility index (Phi) is 6.89. The molecule has 0 saturated carbocycles. The van der Waals surface area contributed by atoms with Gasteiger partial charge in [0.1, 0.15) is 0 Å². The summed E-state index contributed by atoms with van der Waals surface area (Å²) in [7, 11) is 0. The lowest BCUT2D eigenvalue weighted by atomic mass is 9.93. The third-order valence-corrected chi connectivity index (χ3v) is 10.3. The highest BCUT2D eigenvalue weighted by Crippen LogP contribution is 2.42. The van der Waals surface area contributed by atoms with Crippen LogP contribution in [-0.2, 0) is 0 Å². The van der Waals surface area contributed by atoms with Crippen LogP contribution in [0.4, 0.5) is 0 Å². The minimum Gasteiger partial charge on any atom is -0.308 e. The molecule has 1 heterocycles. The van der Waals surface area contributed by atoms with Gasteiger partial charge in [0.25, 0.3) is 0 Å². The van der Waals surface area contributed by atoms with E-state index in [1.807, 2.05) is 0 Å². The molecule has 0 aliphatic heterocycles. The first-order valence-corrected chi connectivity index (χ1v) is 17.6. The van der Waals surface area contributed by atoms with Crippen LogP contribution in [-0.4, -0.2) is 4.57 Å². The molecule has 0 N–H and O–H groups in total. The van der Waals surface area contributed by atoms with Gasteiger partial charge in [-0.1, -0.05) is 158 Å². The molecule has 9 aromatic carbocycles. The zero-order chi connectivity index (χ0) is 33.7. The van der Waals surface area contributed by atoms with Crippen LogP contribution < -0.4 is 0 Å². The molecule has 0 aliphatic rings. The van der Waals surface area contributed by atoms with Crippen LogP contribution in [0.2, 0.25) is 0 Å². The highest BCUT2D eigenvalue weighted by Gasteiger charge is 2.20. The maximum absolute atomic E-state index is 2.50. The van der Waals surface area contributed by atoms with Crippen LogP contribution in [0.5, 0.6) is 0 Å². The molecule has 51 heavy (non-hydrogen) atoms. The molecular weight excluding hydrogens is 615 g/mol. The van der Waals surface area contributed by atoms with E-state index in [0.717, 1.165) is 11.4 Å². The number of fused-ring (bicyclic) bond motifs is 4. The Morgan fingerprint density at radius 1 is 0.235 bits per heavy atom. The van der Waals surface area contributed by atoms with Gasteiger partial charge < -0.3 is 4.57 Å². The summed E-state index contributed by atoms with van der Waals surface area (Å²) in [5, 5.41) is 9.86. The molecule has 1 heteroatoms. The van der Waals surface area contributed by atoms with Gasteiger partial charge in [0.05, 0.1) is 17.1 Å². The fraction of sp³-hybridized carbons (Fsp3) is 0. The Morgan fingerprint density at radius 3 is 1.06 bits per heavy atom. The summed E-state index contributed by atoms with van der Waals surface area (Å²) in [4.78, 5) is 0. The van der Waals surface area contributed by atoms with E-state index >= 15 is 0 Å². The molecule has 1 nitrogen and oxygen atoms in total. The minimum atomic E-state index is 1.16. The molecular formula is C50H33N. The first-order chi connectivity index (χ1) is 25.3. The summed E-state index contributed by atoms with van der Waals surface area (Å²) >= 11 is 0. The molecule has 0 fully saturated rings. The Balaban J connectivity index is 1.30. The monoisotopic (exact) mass is 647 g/mol. The van der Waals surface area contributed by atoms with Crippen molar-refractivity contribution >= 4 is 43.1 Å². The first-order valence-electron chi connectivity index (χ1n) is 17.6. The lowest BCUT2D eigenvalue weighted by Gasteiger charge is -2.21. The maximum atomic E-state index is 2.50. The fourth-order valence-corrected chi connectivity index (χ4v) is 7.77. The predicted octanol–water partition coefficient (Wildman–Crippen LogP) is 13.8. The van der Waals surface area contributed by atoms with Crippen molar-refractivity contribution < 1.29 is 0 Å². The Bertz CT molecular complexity index is 2700. The Labute approximate surface area is 297 Å². The van der Waals surface area contributed by atoms with Crippen molar-refractivity contribution in [2.75, 3.05) is 0 Å². The summed E-state index contributed by atoms with van der Waals surface area (Å²) in [6.45, 7) is 0. The van der Waals surface area contributed by atoms with Gasteiger partial charge in [-0.15, -0.1) is 0 Å². The molecule has 0 radical (unpaired) electrons. The van der Waals surface area contributed by atoms with Gasteiger partial charge in [-0.2, -0.15) is 0 Å². The van der Waals surface area contributed by atoms with Crippen LogP contribution in [0.25, 0.3) is 93.5 Å². The van der Waals surface area contributed by atoms with Crippen molar-refractivity contribution in [3.05, 3.63) is 200 Å². The van der Waals surface area contributed by atoms with Crippen molar-refractivity contribution in [3.63, 3.8) is 0 Å². The molecule has 0 atom stereocenters. The molecule has 0 spiro atoms. The van der Waals surface area contributed by atoms with Gasteiger partial charge in [-0.05, 0) is 108 Å². The third kappa shape index (κ3) is 5.10. The lowest BCUT2D eigenvalue weighted by molar-refractivity contribution is 1.12. The quantitative estimate of drug-likeness (QED) is 0.164. The van der Waals surface area contributed by atoms with Crippen molar-refractivity contribution in [2.24, 2.45) is 0 Å². The van der Waals surface area contributed by atoms with E-state index in [2.05, 4.69) is 205 Å². The number of rotatable bonds is 5. The molecule has 0 saturated heterocycles. The largest absolute Gasteiger partial charge is 0.308 e. The van der Waals surface area contributed by atoms with Crippen LogP contribution in [0.15, 0.2) is 200 Å². The Hall–Kier alpha value is -6.70. The maximum Gasteiger partial charge on any atom is 0.0619 e. The number of hydrogen-bond acceptors (Lipinski definition) is 0. The summed E-state index contributed by atoms with van der Waals surface area (Å²) < 4.78 is 2.50. The van der Waals surface area contributed by atoms with Crippen molar-refractivity contribution in [1.82, 2.24) is 4.57 Å². The first kappa shape index (κ1) is 29.2. The van der Waals surface area contributed by atoms with Gasteiger partial charge in [0.2, 0.25) is 0 Å². The van der Waals surface area contributed by atoms with Crippen LogP contribution in [0, 0.1) is 0 Å². The van der Waals surface area contributed by atoms with E-state index in [1.165, 1.54) is 82.2 Å². The second-order valence-electron chi connectivity index (χ2n) is 13.4. The minimum absolute atomic E-state index is 1.16. The number of hydrogen-bond donors (Lipinski definition) is 0. The predicted molar refractivity (Wildman–Crippen MR) is 218 cm³/mol. The summed E-state index contributed by atoms with van der Waals surface area (Å²) in [5.41, 5.74) is 10.7. The molecule has 10 aromatic rings. The van der Waals surface area contributed by atoms with E-state index in [1.54, 1.807) is 0 Å². The summed E-state index contributed by atoms with van der Waals surface area (Å²) in [5.74, 6) is 0. The van der Waals surface area contributed by atoms with Crippen molar-refractivity contribution in [2.45, 2.75) is 0 Å². The molecule has 10 rings (SSSR count). The molecule has 0 aliphatic carbocycles. The van der Waals surface area contributed by atoms with Crippen molar-refractivity contribution in [3.8, 4) is 50.5 Å².